The van der Waals surface area contributed by atoms with Gasteiger partial charge in [-0.2, -0.15) is 0 Å². The Kier molecular flexibility index (Phi) is 7.12. The number of hydrogen-bond acceptors (Lipinski definition) is 3. The number of nitrogen functional groups attached to an aromatic ring is 1. The lowest BCUT2D eigenvalue weighted by molar-refractivity contribution is 0.0761. The standard InChI is InChI=1S/C19H22ClN3O.ClH/c20-17-6-2-5-16(13-17)19(24)23-9-3-8-22(10-11-23)14-15-4-1-7-18(21)12-15;/h1-2,4-7,12-13H,3,8-11,14,21H2;1H. The van der Waals surface area contributed by atoms with Crippen LogP contribution in [0.1, 0.15) is 22.3 Å². The van der Waals surface area contributed by atoms with Gasteiger partial charge in [-0.25, -0.2) is 0 Å². The van der Waals surface area contributed by atoms with Crippen LogP contribution in [0.5, 0.6) is 0 Å². The van der Waals surface area contributed by atoms with Gasteiger partial charge in [-0.1, -0.05) is 29.8 Å². The predicted octanol–water partition coefficient (Wildman–Crippen LogP) is 3.69. The van der Waals surface area contributed by atoms with E-state index >= 15 is 0 Å². The number of rotatable bonds is 3. The molecule has 0 saturated carbocycles. The molecule has 1 amide bonds. The topological polar surface area (TPSA) is 49.6 Å². The summed E-state index contributed by atoms with van der Waals surface area (Å²) in [6.07, 6.45) is 0.967. The first kappa shape index (κ1) is 19.6. The van der Waals surface area contributed by atoms with Crippen molar-refractivity contribution in [1.29, 1.82) is 0 Å². The molecule has 6 heteroatoms. The van der Waals surface area contributed by atoms with Gasteiger partial charge in [0.1, 0.15) is 0 Å². The predicted molar refractivity (Wildman–Crippen MR) is 105 cm³/mol. The van der Waals surface area contributed by atoms with Crippen LogP contribution in [-0.2, 0) is 6.54 Å². The zero-order valence-corrected chi connectivity index (χ0v) is 15.6. The lowest BCUT2D eigenvalue weighted by Gasteiger charge is -2.22. The summed E-state index contributed by atoms with van der Waals surface area (Å²) in [5, 5.41) is 0.596. The number of carbonyl (C=O) groups is 1. The summed E-state index contributed by atoms with van der Waals surface area (Å²) in [5.74, 6) is 0.0586. The molecule has 1 aliphatic rings. The molecule has 0 aliphatic carbocycles. The maximum Gasteiger partial charge on any atom is 0.253 e. The van der Waals surface area contributed by atoms with Crippen LogP contribution in [-0.4, -0.2) is 41.9 Å². The van der Waals surface area contributed by atoms with Crippen molar-refractivity contribution in [2.24, 2.45) is 0 Å². The van der Waals surface area contributed by atoms with Crippen molar-refractivity contribution in [3.8, 4) is 0 Å². The minimum Gasteiger partial charge on any atom is -0.399 e. The normalized spacial score (nSPS) is 15.3. The monoisotopic (exact) mass is 379 g/mol. The molecule has 1 aliphatic heterocycles. The SMILES string of the molecule is Cl.Nc1cccc(CN2CCCN(C(=O)c3cccc(Cl)c3)CC2)c1. The molecular weight excluding hydrogens is 357 g/mol. The molecule has 134 valence electrons. The second-order valence-corrected chi connectivity index (χ2v) is 6.61. The van der Waals surface area contributed by atoms with E-state index in [9.17, 15) is 4.79 Å². The zero-order chi connectivity index (χ0) is 16.9. The van der Waals surface area contributed by atoms with Gasteiger partial charge in [0.2, 0.25) is 0 Å². The van der Waals surface area contributed by atoms with Crippen molar-refractivity contribution in [1.82, 2.24) is 9.80 Å². The third kappa shape index (κ3) is 5.36. The molecular formula is C19H23Cl2N3O. The molecule has 0 spiro atoms. The molecule has 25 heavy (non-hydrogen) atoms. The summed E-state index contributed by atoms with van der Waals surface area (Å²) in [7, 11) is 0. The largest absolute Gasteiger partial charge is 0.399 e. The van der Waals surface area contributed by atoms with Crippen LogP contribution in [0.25, 0.3) is 0 Å². The number of benzene rings is 2. The average molecular weight is 380 g/mol. The Balaban J connectivity index is 0.00000225. The first-order valence-electron chi connectivity index (χ1n) is 8.23. The van der Waals surface area contributed by atoms with Crippen LogP contribution < -0.4 is 5.73 Å². The third-order valence-corrected chi connectivity index (χ3v) is 4.54. The Labute approximate surface area is 160 Å². The molecule has 0 unspecified atom stereocenters. The van der Waals surface area contributed by atoms with E-state index in [1.165, 1.54) is 5.56 Å². The number of amides is 1. The highest BCUT2D eigenvalue weighted by Gasteiger charge is 2.20. The molecule has 2 N–H and O–H groups in total. The van der Waals surface area contributed by atoms with Gasteiger partial charge >= 0.3 is 0 Å². The first-order valence-corrected chi connectivity index (χ1v) is 8.61. The highest BCUT2D eigenvalue weighted by atomic mass is 35.5. The molecule has 2 aromatic carbocycles. The van der Waals surface area contributed by atoms with Gasteiger partial charge in [0.15, 0.2) is 0 Å². The fourth-order valence-electron chi connectivity index (χ4n) is 3.09. The number of nitrogens with two attached hydrogens (primary N) is 1. The van der Waals surface area contributed by atoms with Crippen molar-refractivity contribution in [2.75, 3.05) is 31.9 Å². The molecule has 1 fully saturated rings. The molecule has 0 aromatic heterocycles. The van der Waals surface area contributed by atoms with E-state index < -0.39 is 0 Å². The minimum absolute atomic E-state index is 0. The Morgan fingerprint density at radius 1 is 1.04 bits per heavy atom. The fourth-order valence-corrected chi connectivity index (χ4v) is 3.28. The zero-order valence-electron chi connectivity index (χ0n) is 14.0. The van der Waals surface area contributed by atoms with Gasteiger partial charge in [0.25, 0.3) is 5.91 Å². The minimum atomic E-state index is 0. The summed E-state index contributed by atoms with van der Waals surface area (Å²) in [6.45, 7) is 4.21. The summed E-state index contributed by atoms with van der Waals surface area (Å²) >= 11 is 6.00. The number of halogens is 2. The van der Waals surface area contributed by atoms with Gasteiger partial charge in [-0.15, -0.1) is 12.4 Å². The van der Waals surface area contributed by atoms with Crippen molar-refractivity contribution in [3.63, 3.8) is 0 Å². The van der Waals surface area contributed by atoms with Crippen LogP contribution >= 0.6 is 24.0 Å². The fraction of sp³-hybridized carbons (Fsp3) is 0.316. The van der Waals surface area contributed by atoms with Crippen LogP contribution in [0.3, 0.4) is 0 Å². The molecule has 0 radical (unpaired) electrons. The van der Waals surface area contributed by atoms with Gasteiger partial charge in [0, 0.05) is 49.0 Å². The summed E-state index contributed by atoms with van der Waals surface area (Å²) in [4.78, 5) is 16.9. The van der Waals surface area contributed by atoms with Crippen LogP contribution in [0, 0.1) is 0 Å². The van der Waals surface area contributed by atoms with Crippen molar-refractivity contribution < 1.29 is 4.79 Å². The van der Waals surface area contributed by atoms with E-state index in [2.05, 4.69) is 11.0 Å². The van der Waals surface area contributed by atoms with Crippen LogP contribution in [0.15, 0.2) is 48.5 Å². The Morgan fingerprint density at radius 3 is 2.60 bits per heavy atom. The number of nitrogens with zero attached hydrogens (tertiary/aromatic N) is 2. The molecule has 1 heterocycles. The smallest absolute Gasteiger partial charge is 0.253 e. The Bertz CT molecular complexity index is 723. The summed E-state index contributed by atoms with van der Waals surface area (Å²) in [6, 6.07) is 15.2. The summed E-state index contributed by atoms with van der Waals surface area (Å²) in [5.41, 5.74) is 8.51. The van der Waals surface area contributed by atoms with Crippen LogP contribution in [0.2, 0.25) is 5.02 Å². The molecule has 3 rings (SSSR count). The number of carbonyl (C=O) groups excluding carboxylic acids is 1. The molecule has 1 saturated heterocycles. The van der Waals surface area contributed by atoms with E-state index in [0.29, 0.717) is 10.6 Å². The number of anilines is 1. The van der Waals surface area contributed by atoms with Crippen molar-refractivity contribution >= 4 is 35.6 Å². The van der Waals surface area contributed by atoms with Gasteiger partial charge in [0.05, 0.1) is 0 Å². The van der Waals surface area contributed by atoms with E-state index in [4.69, 9.17) is 17.3 Å². The first-order chi connectivity index (χ1) is 11.6. The lowest BCUT2D eigenvalue weighted by atomic mass is 10.2. The second-order valence-electron chi connectivity index (χ2n) is 6.18. The molecule has 0 atom stereocenters. The summed E-state index contributed by atoms with van der Waals surface area (Å²) < 4.78 is 0. The van der Waals surface area contributed by atoms with Gasteiger partial charge in [-0.3, -0.25) is 9.69 Å². The average Bonchev–Trinajstić information content (AvgIpc) is 2.80. The quantitative estimate of drug-likeness (QED) is 0.827. The molecule has 0 bridgehead atoms. The molecule has 4 nitrogen and oxygen atoms in total. The van der Waals surface area contributed by atoms with E-state index in [0.717, 1.165) is 44.8 Å². The lowest BCUT2D eigenvalue weighted by Crippen LogP contribution is -2.35. The highest BCUT2D eigenvalue weighted by Crippen LogP contribution is 2.16. The van der Waals surface area contributed by atoms with E-state index in [-0.39, 0.29) is 18.3 Å². The van der Waals surface area contributed by atoms with E-state index in [1.807, 2.05) is 35.2 Å². The van der Waals surface area contributed by atoms with Gasteiger partial charge in [-0.05, 0) is 42.3 Å². The molecule has 2 aromatic rings. The van der Waals surface area contributed by atoms with Crippen molar-refractivity contribution in [3.05, 3.63) is 64.7 Å². The van der Waals surface area contributed by atoms with Crippen molar-refractivity contribution in [2.45, 2.75) is 13.0 Å². The van der Waals surface area contributed by atoms with E-state index in [1.54, 1.807) is 12.1 Å². The Hall–Kier alpha value is -1.75. The van der Waals surface area contributed by atoms with Gasteiger partial charge < -0.3 is 10.6 Å². The Morgan fingerprint density at radius 2 is 1.84 bits per heavy atom. The number of hydrogen-bond donors (Lipinski definition) is 1. The second kappa shape index (κ2) is 9.09. The third-order valence-electron chi connectivity index (χ3n) is 4.30. The van der Waals surface area contributed by atoms with Crippen LogP contribution in [0.4, 0.5) is 5.69 Å². The maximum atomic E-state index is 12.6. The highest BCUT2D eigenvalue weighted by molar-refractivity contribution is 6.30. The maximum absolute atomic E-state index is 12.6.